The van der Waals surface area contributed by atoms with E-state index >= 15 is 0 Å². The van der Waals surface area contributed by atoms with Crippen LogP contribution in [0.3, 0.4) is 0 Å². The lowest BCUT2D eigenvalue weighted by atomic mass is 9.94. The highest BCUT2D eigenvalue weighted by molar-refractivity contribution is 7.71. The number of ether oxygens (including phenoxy) is 1. The van der Waals surface area contributed by atoms with E-state index in [1.165, 1.54) is 0 Å². The van der Waals surface area contributed by atoms with Crippen molar-refractivity contribution in [3.63, 3.8) is 0 Å². The molecule has 96 valence electrons. The van der Waals surface area contributed by atoms with Crippen LogP contribution in [0.5, 0.6) is 0 Å². The number of aromatic amines is 1. The minimum atomic E-state index is -0.0680. The van der Waals surface area contributed by atoms with Crippen molar-refractivity contribution in [1.82, 2.24) is 9.55 Å². The smallest absolute Gasteiger partial charge is 0.178 e. The van der Waals surface area contributed by atoms with Crippen molar-refractivity contribution in [3.05, 3.63) is 28.0 Å². The van der Waals surface area contributed by atoms with Crippen LogP contribution in [0.2, 0.25) is 5.02 Å². The van der Waals surface area contributed by atoms with E-state index in [1.54, 1.807) is 0 Å². The van der Waals surface area contributed by atoms with Crippen LogP contribution >= 0.6 is 23.8 Å². The Morgan fingerprint density at radius 2 is 2.33 bits per heavy atom. The fourth-order valence-electron chi connectivity index (χ4n) is 2.72. The first-order valence-electron chi connectivity index (χ1n) is 6.09. The van der Waals surface area contributed by atoms with Gasteiger partial charge in [0.15, 0.2) is 4.77 Å². The van der Waals surface area contributed by atoms with Gasteiger partial charge >= 0.3 is 0 Å². The zero-order valence-electron chi connectivity index (χ0n) is 10.2. The standard InChI is InChI=1S/C13H15ClN2OS/c1-13(5-2-6-17-8-13)16-11-4-3-9(14)7-10(11)15-12(16)18/h3-4,7H,2,5-6,8H2,1H3,(H,15,18). The highest BCUT2D eigenvalue weighted by Crippen LogP contribution is 2.31. The Labute approximate surface area is 116 Å². The van der Waals surface area contributed by atoms with Crippen LogP contribution in [0, 0.1) is 4.77 Å². The number of benzene rings is 1. The van der Waals surface area contributed by atoms with E-state index in [2.05, 4.69) is 16.5 Å². The van der Waals surface area contributed by atoms with Crippen LogP contribution in [0.1, 0.15) is 19.8 Å². The number of rotatable bonds is 1. The van der Waals surface area contributed by atoms with E-state index in [-0.39, 0.29) is 5.54 Å². The van der Waals surface area contributed by atoms with Gasteiger partial charge in [-0.2, -0.15) is 0 Å². The molecule has 1 fully saturated rings. The van der Waals surface area contributed by atoms with E-state index in [4.69, 9.17) is 28.6 Å². The van der Waals surface area contributed by atoms with Gasteiger partial charge in [-0.15, -0.1) is 0 Å². The lowest BCUT2D eigenvalue weighted by Crippen LogP contribution is -2.39. The number of nitrogens with zero attached hydrogens (tertiary/aromatic N) is 1. The summed E-state index contributed by atoms with van der Waals surface area (Å²) < 4.78 is 8.54. The van der Waals surface area contributed by atoms with E-state index in [9.17, 15) is 0 Å². The van der Waals surface area contributed by atoms with Gasteiger partial charge in [0.1, 0.15) is 0 Å². The van der Waals surface area contributed by atoms with Crippen molar-refractivity contribution >= 4 is 34.9 Å². The molecule has 1 aliphatic rings. The number of H-pyrrole nitrogens is 1. The molecule has 2 aromatic rings. The molecule has 1 N–H and O–H groups in total. The second-order valence-corrected chi connectivity index (χ2v) is 5.90. The predicted molar refractivity (Wildman–Crippen MR) is 75.8 cm³/mol. The molecule has 1 aromatic heterocycles. The van der Waals surface area contributed by atoms with Crippen LogP contribution in [0.25, 0.3) is 11.0 Å². The van der Waals surface area contributed by atoms with Crippen molar-refractivity contribution in [1.29, 1.82) is 0 Å². The van der Waals surface area contributed by atoms with Gasteiger partial charge in [0.05, 0.1) is 23.2 Å². The molecule has 0 radical (unpaired) electrons. The first-order chi connectivity index (χ1) is 8.60. The predicted octanol–water partition coefficient (Wildman–Crippen LogP) is 3.88. The average Bonchev–Trinajstić information content (AvgIpc) is 2.65. The van der Waals surface area contributed by atoms with Gasteiger partial charge < -0.3 is 14.3 Å². The Hall–Kier alpha value is -0.840. The Balaban J connectivity index is 2.22. The SMILES string of the molecule is CC1(n2c(=S)[nH]c3cc(Cl)ccc32)CCCOC1. The molecule has 1 aliphatic heterocycles. The second kappa shape index (κ2) is 4.37. The Morgan fingerprint density at radius 3 is 3.06 bits per heavy atom. The summed E-state index contributed by atoms with van der Waals surface area (Å²) in [4.78, 5) is 3.23. The number of aromatic nitrogens is 2. The Bertz CT molecular complexity index is 640. The average molecular weight is 283 g/mol. The third-order valence-electron chi connectivity index (χ3n) is 3.60. The van der Waals surface area contributed by atoms with Crippen LogP contribution in [-0.4, -0.2) is 22.8 Å². The zero-order chi connectivity index (χ0) is 12.8. The number of hydrogen-bond donors (Lipinski definition) is 1. The molecule has 0 saturated carbocycles. The lowest BCUT2D eigenvalue weighted by Gasteiger charge is -2.35. The van der Waals surface area contributed by atoms with Crippen LogP contribution in [-0.2, 0) is 10.3 Å². The molecule has 2 heterocycles. The Morgan fingerprint density at radius 1 is 1.50 bits per heavy atom. The summed E-state index contributed by atoms with van der Waals surface area (Å²) in [6.45, 7) is 3.75. The van der Waals surface area contributed by atoms with Crippen molar-refractivity contribution in [3.8, 4) is 0 Å². The summed E-state index contributed by atoms with van der Waals surface area (Å²) >= 11 is 11.5. The molecule has 18 heavy (non-hydrogen) atoms. The number of fused-ring (bicyclic) bond motifs is 1. The zero-order valence-corrected chi connectivity index (χ0v) is 11.8. The molecule has 0 amide bonds. The Kier molecular flexibility index (Phi) is 2.96. The molecule has 1 saturated heterocycles. The second-order valence-electron chi connectivity index (χ2n) is 5.08. The first-order valence-corrected chi connectivity index (χ1v) is 6.87. The van der Waals surface area contributed by atoms with Crippen LogP contribution in [0.15, 0.2) is 18.2 Å². The summed E-state index contributed by atoms with van der Waals surface area (Å²) in [6, 6.07) is 5.83. The van der Waals surface area contributed by atoms with Crippen LogP contribution < -0.4 is 0 Å². The largest absolute Gasteiger partial charge is 0.379 e. The fraction of sp³-hybridized carbons (Fsp3) is 0.462. The fourth-order valence-corrected chi connectivity index (χ4v) is 3.32. The summed E-state index contributed by atoms with van der Waals surface area (Å²) in [7, 11) is 0. The highest BCUT2D eigenvalue weighted by atomic mass is 35.5. The lowest BCUT2D eigenvalue weighted by molar-refractivity contribution is 0.0108. The third kappa shape index (κ3) is 1.88. The minimum Gasteiger partial charge on any atom is -0.379 e. The van der Waals surface area contributed by atoms with E-state index in [1.807, 2.05) is 18.2 Å². The van der Waals surface area contributed by atoms with Gasteiger partial charge in [-0.25, -0.2) is 0 Å². The maximum Gasteiger partial charge on any atom is 0.178 e. The van der Waals surface area contributed by atoms with Crippen molar-refractivity contribution < 1.29 is 4.74 Å². The van der Waals surface area contributed by atoms with Gasteiger partial charge in [-0.1, -0.05) is 11.6 Å². The highest BCUT2D eigenvalue weighted by Gasteiger charge is 2.31. The molecular weight excluding hydrogens is 268 g/mol. The maximum atomic E-state index is 6.01. The monoisotopic (exact) mass is 282 g/mol. The summed E-state index contributed by atoms with van der Waals surface area (Å²) in [5.74, 6) is 0. The van der Waals surface area contributed by atoms with E-state index in [0.29, 0.717) is 6.61 Å². The number of hydrogen-bond acceptors (Lipinski definition) is 2. The minimum absolute atomic E-state index is 0.0680. The van der Waals surface area contributed by atoms with E-state index in [0.717, 1.165) is 40.3 Å². The third-order valence-corrected chi connectivity index (χ3v) is 4.12. The number of imidazole rings is 1. The molecule has 5 heteroatoms. The molecule has 1 aromatic carbocycles. The molecule has 1 unspecified atom stereocenters. The van der Waals surface area contributed by atoms with Crippen molar-refractivity contribution in [2.24, 2.45) is 0 Å². The normalized spacial score (nSPS) is 24.6. The van der Waals surface area contributed by atoms with Gasteiger partial charge in [-0.05, 0) is 50.2 Å². The van der Waals surface area contributed by atoms with E-state index < -0.39 is 0 Å². The van der Waals surface area contributed by atoms with Crippen molar-refractivity contribution in [2.45, 2.75) is 25.3 Å². The topological polar surface area (TPSA) is 29.9 Å². The van der Waals surface area contributed by atoms with Gasteiger partial charge in [0.2, 0.25) is 0 Å². The van der Waals surface area contributed by atoms with Gasteiger partial charge in [0.25, 0.3) is 0 Å². The summed E-state index contributed by atoms with van der Waals surface area (Å²) in [5, 5.41) is 0.718. The first kappa shape index (κ1) is 12.2. The van der Waals surface area contributed by atoms with Crippen molar-refractivity contribution in [2.75, 3.05) is 13.2 Å². The van der Waals surface area contributed by atoms with Gasteiger partial charge in [0, 0.05) is 11.6 Å². The molecule has 3 nitrogen and oxygen atoms in total. The molecule has 0 bridgehead atoms. The summed E-state index contributed by atoms with van der Waals surface area (Å²) in [6.07, 6.45) is 2.15. The maximum absolute atomic E-state index is 6.01. The summed E-state index contributed by atoms with van der Waals surface area (Å²) in [5.41, 5.74) is 2.01. The molecule has 3 rings (SSSR count). The molecule has 0 aliphatic carbocycles. The number of halogens is 1. The van der Waals surface area contributed by atoms with Crippen LogP contribution in [0.4, 0.5) is 0 Å². The quantitative estimate of drug-likeness (QED) is 0.805. The number of nitrogens with one attached hydrogen (secondary N) is 1. The molecule has 0 spiro atoms. The molecular formula is C13H15ClN2OS. The van der Waals surface area contributed by atoms with Gasteiger partial charge in [-0.3, -0.25) is 0 Å². The molecule has 1 atom stereocenters.